The molecular formula is C14H17Cl2NO7. The van der Waals surface area contributed by atoms with Crippen LogP contribution in [0.5, 0.6) is 5.75 Å². The average Bonchev–Trinajstić information content (AvgIpc) is 2.56. The summed E-state index contributed by atoms with van der Waals surface area (Å²) in [6.07, 6.45) is -5.53. The lowest BCUT2D eigenvalue weighted by Crippen LogP contribution is -2.62. The highest BCUT2D eigenvalue weighted by Gasteiger charge is 2.42. The van der Waals surface area contributed by atoms with Crippen LogP contribution in [0.4, 0.5) is 0 Å². The van der Waals surface area contributed by atoms with Gasteiger partial charge in [0.15, 0.2) is 12.0 Å². The monoisotopic (exact) mass is 381 g/mol. The molecule has 1 heterocycles. The van der Waals surface area contributed by atoms with E-state index in [0.29, 0.717) is 0 Å². The van der Waals surface area contributed by atoms with Crippen LogP contribution < -0.4 is 10.5 Å². The minimum Gasteiger partial charge on any atom is -0.494 e. The highest BCUT2D eigenvalue weighted by Crippen LogP contribution is 2.34. The van der Waals surface area contributed by atoms with E-state index in [9.17, 15) is 20.1 Å². The molecule has 134 valence electrons. The number of nitrogens with two attached hydrogens (primary N) is 1. The predicted molar refractivity (Wildman–Crippen MR) is 84.2 cm³/mol. The minimum absolute atomic E-state index is 0.0429. The Labute approximate surface area is 147 Å². The number of ether oxygens (including phenoxy) is 3. The van der Waals surface area contributed by atoms with E-state index >= 15 is 0 Å². The van der Waals surface area contributed by atoms with Crippen molar-refractivity contribution in [3.05, 3.63) is 27.7 Å². The van der Waals surface area contributed by atoms with E-state index in [4.69, 9.17) is 43.1 Å². The third kappa shape index (κ3) is 3.75. The Morgan fingerprint density at radius 3 is 2.50 bits per heavy atom. The lowest BCUT2D eigenvalue weighted by molar-refractivity contribution is -0.248. The summed E-state index contributed by atoms with van der Waals surface area (Å²) in [7, 11) is 1.32. The molecule has 24 heavy (non-hydrogen) atoms. The summed E-state index contributed by atoms with van der Waals surface area (Å²) in [5.74, 6) is -0.824. The standard InChI is InChI=1S/C14H17Cl2NO7/c1-22-12-6(16)3-2-5(15)8(12)13(20)23-4-7-10(18)11(19)9(17)14(21)24-7/h2-3,7,9-11,14,18-19,21H,4,17H2,1H3/t7-,9-,10-,11-,14?/m1/s1. The fraction of sp³-hybridized carbons (Fsp3) is 0.500. The van der Waals surface area contributed by atoms with E-state index in [0.717, 1.165) is 0 Å². The van der Waals surface area contributed by atoms with Gasteiger partial charge in [-0.15, -0.1) is 0 Å². The molecule has 1 aliphatic rings. The van der Waals surface area contributed by atoms with E-state index in [-0.39, 0.29) is 21.4 Å². The Morgan fingerprint density at radius 1 is 1.25 bits per heavy atom. The molecule has 1 fully saturated rings. The molecule has 0 bridgehead atoms. The molecule has 1 aliphatic heterocycles. The van der Waals surface area contributed by atoms with Gasteiger partial charge in [-0.25, -0.2) is 4.79 Å². The number of aliphatic hydroxyl groups is 3. The van der Waals surface area contributed by atoms with Crippen molar-refractivity contribution in [2.45, 2.75) is 30.6 Å². The zero-order chi connectivity index (χ0) is 18.0. The number of carbonyl (C=O) groups excluding carboxylic acids is 1. The topological polar surface area (TPSA) is 131 Å². The summed E-state index contributed by atoms with van der Waals surface area (Å²) in [4.78, 5) is 12.2. The van der Waals surface area contributed by atoms with Gasteiger partial charge in [-0.3, -0.25) is 0 Å². The molecule has 5 N–H and O–H groups in total. The largest absolute Gasteiger partial charge is 0.494 e. The first-order chi connectivity index (χ1) is 11.3. The number of esters is 1. The second-order valence-corrected chi connectivity index (χ2v) is 5.97. The number of hydrogen-bond acceptors (Lipinski definition) is 8. The maximum absolute atomic E-state index is 12.2. The Kier molecular flexibility index (Phi) is 6.27. The van der Waals surface area contributed by atoms with Crippen molar-refractivity contribution in [1.29, 1.82) is 0 Å². The summed E-state index contributed by atoms with van der Waals surface area (Å²) in [6.45, 7) is -0.452. The van der Waals surface area contributed by atoms with Gasteiger partial charge < -0.3 is 35.3 Å². The number of benzene rings is 1. The van der Waals surface area contributed by atoms with Crippen molar-refractivity contribution in [1.82, 2.24) is 0 Å². The van der Waals surface area contributed by atoms with E-state index in [1.54, 1.807) is 0 Å². The first-order valence-electron chi connectivity index (χ1n) is 6.92. The summed E-state index contributed by atoms with van der Waals surface area (Å²) in [5, 5.41) is 29.4. The SMILES string of the molecule is COc1c(Cl)ccc(Cl)c1C(=O)OC[C@H]1OC(O)[C@H](N)[C@@H](O)[C@@H]1O. The Hall–Kier alpha value is -1.13. The van der Waals surface area contributed by atoms with Crippen molar-refractivity contribution in [3.8, 4) is 5.75 Å². The molecule has 1 aromatic rings. The van der Waals surface area contributed by atoms with Gasteiger partial charge in [0, 0.05) is 0 Å². The van der Waals surface area contributed by atoms with Crippen molar-refractivity contribution < 1.29 is 34.3 Å². The third-order valence-electron chi connectivity index (χ3n) is 3.61. The fourth-order valence-electron chi connectivity index (χ4n) is 2.26. The highest BCUT2D eigenvalue weighted by atomic mass is 35.5. The summed E-state index contributed by atoms with van der Waals surface area (Å²) >= 11 is 11.9. The van der Waals surface area contributed by atoms with Gasteiger partial charge in [0.1, 0.15) is 30.5 Å². The first kappa shape index (κ1) is 19.2. The first-order valence-corrected chi connectivity index (χ1v) is 7.67. The molecule has 0 aliphatic carbocycles. The molecule has 0 saturated carbocycles. The second kappa shape index (κ2) is 7.83. The van der Waals surface area contributed by atoms with Crippen molar-refractivity contribution >= 4 is 29.2 Å². The van der Waals surface area contributed by atoms with Crippen molar-refractivity contribution in [2.24, 2.45) is 5.73 Å². The average molecular weight is 382 g/mol. The van der Waals surface area contributed by atoms with Crippen LogP contribution in [-0.4, -0.2) is 65.6 Å². The van der Waals surface area contributed by atoms with Crippen LogP contribution in [0.2, 0.25) is 10.0 Å². The predicted octanol–water partition coefficient (Wildman–Crippen LogP) is -0.0749. The number of halogens is 2. The zero-order valence-electron chi connectivity index (χ0n) is 12.6. The van der Waals surface area contributed by atoms with Gasteiger partial charge in [-0.2, -0.15) is 0 Å². The molecule has 0 spiro atoms. The lowest BCUT2D eigenvalue weighted by atomic mass is 9.98. The number of aliphatic hydroxyl groups excluding tert-OH is 3. The van der Waals surface area contributed by atoms with Gasteiger partial charge in [0.25, 0.3) is 0 Å². The van der Waals surface area contributed by atoms with Crippen LogP contribution in [0.15, 0.2) is 12.1 Å². The molecule has 1 saturated heterocycles. The maximum Gasteiger partial charge on any atom is 0.343 e. The molecule has 1 aromatic carbocycles. The normalized spacial score (nSPS) is 30.0. The van der Waals surface area contributed by atoms with E-state index in [1.807, 2.05) is 0 Å². The Bertz CT molecular complexity index is 615. The fourth-order valence-corrected chi connectivity index (χ4v) is 2.72. The van der Waals surface area contributed by atoms with Crippen LogP contribution in [0.3, 0.4) is 0 Å². The molecule has 0 aromatic heterocycles. The van der Waals surface area contributed by atoms with Crippen LogP contribution in [0.1, 0.15) is 10.4 Å². The van der Waals surface area contributed by atoms with E-state index < -0.39 is 43.2 Å². The summed E-state index contributed by atoms with van der Waals surface area (Å²) < 4.78 is 15.1. The van der Waals surface area contributed by atoms with Gasteiger partial charge in [-0.05, 0) is 12.1 Å². The molecule has 0 amide bonds. The molecule has 0 radical (unpaired) electrons. The summed E-state index contributed by atoms with van der Waals surface area (Å²) in [5.41, 5.74) is 5.37. The zero-order valence-corrected chi connectivity index (χ0v) is 14.1. The lowest BCUT2D eigenvalue weighted by Gasteiger charge is -2.38. The number of hydrogen-bond donors (Lipinski definition) is 4. The van der Waals surface area contributed by atoms with Crippen LogP contribution in [-0.2, 0) is 9.47 Å². The van der Waals surface area contributed by atoms with Crippen LogP contribution in [0, 0.1) is 0 Å². The van der Waals surface area contributed by atoms with Crippen LogP contribution in [0.25, 0.3) is 0 Å². The van der Waals surface area contributed by atoms with Gasteiger partial charge >= 0.3 is 5.97 Å². The molecule has 10 heteroatoms. The van der Waals surface area contributed by atoms with Gasteiger partial charge in [0.2, 0.25) is 0 Å². The molecule has 2 rings (SSSR count). The number of rotatable bonds is 4. The Morgan fingerprint density at radius 2 is 1.88 bits per heavy atom. The maximum atomic E-state index is 12.2. The van der Waals surface area contributed by atoms with Crippen LogP contribution >= 0.6 is 23.2 Å². The number of methoxy groups -OCH3 is 1. The molecule has 5 atom stereocenters. The smallest absolute Gasteiger partial charge is 0.343 e. The van der Waals surface area contributed by atoms with E-state index in [1.165, 1.54) is 19.2 Å². The second-order valence-electron chi connectivity index (χ2n) is 5.16. The Balaban J connectivity index is 2.10. The van der Waals surface area contributed by atoms with Crippen molar-refractivity contribution in [2.75, 3.05) is 13.7 Å². The molecule has 8 nitrogen and oxygen atoms in total. The number of carbonyl (C=O) groups is 1. The molecule has 1 unspecified atom stereocenters. The highest BCUT2D eigenvalue weighted by molar-refractivity contribution is 6.37. The van der Waals surface area contributed by atoms with Gasteiger partial charge in [0.05, 0.1) is 23.2 Å². The third-order valence-corrected chi connectivity index (χ3v) is 4.23. The van der Waals surface area contributed by atoms with Gasteiger partial charge in [-0.1, -0.05) is 23.2 Å². The van der Waals surface area contributed by atoms with Crippen molar-refractivity contribution in [3.63, 3.8) is 0 Å². The van der Waals surface area contributed by atoms with E-state index in [2.05, 4.69) is 0 Å². The molecular weight excluding hydrogens is 365 g/mol. The minimum atomic E-state index is -1.50. The summed E-state index contributed by atoms with van der Waals surface area (Å²) in [6, 6.07) is 1.69. The quantitative estimate of drug-likeness (QED) is 0.532.